The molecule has 0 radical (unpaired) electrons. The summed E-state index contributed by atoms with van der Waals surface area (Å²) in [5, 5.41) is 0.813. The first-order valence-corrected chi connectivity index (χ1v) is 7.92. The summed E-state index contributed by atoms with van der Waals surface area (Å²) >= 11 is 17.8. The number of esters is 1. The molecule has 0 saturated heterocycles. The zero-order chi connectivity index (χ0) is 14.7. The molecule has 1 aliphatic rings. The Bertz CT molecular complexity index is 498. The number of hydrogen-bond donors (Lipinski definition) is 0. The second-order valence-corrected chi connectivity index (χ2v) is 6.70. The fourth-order valence-corrected chi connectivity index (χ4v) is 2.69. The third-order valence-corrected chi connectivity index (χ3v) is 4.50. The van der Waals surface area contributed by atoms with Gasteiger partial charge in [-0.1, -0.05) is 61.0 Å². The Hall–Kier alpha value is -0.440. The summed E-state index contributed by atoms with van der Waals surface area (Å²) in [5.41, 5.74) is 0.221. The topological polar surface area (TPSA) is 26.3 Å². The van der Waals surface area contributed by atoms with Crippen molar-refractivity contribution in [1.82, 2.24) is 0 Å². The molecule has 1 aromatic rings. The second kappa shape index (κ2) is 7.02. The van der Waals surface area contributed by atoms with Gasteiger partial charge in [-0.2, -0.15) is 0 Å². The first kappa shape index (κ1) is 15.9. The Morgan fingerprint density at radius 2 is 2.05 bits per heavy atom. The maximum atomic E-state index is 12.0. The molecule has 1 aliphatic carbocycles. The van der Waals surface area contributed by atoms with E-state index in [1.54, 1.807) is 0 Å². The Kier molecular flexibility index (Phi) is 5.59. The third kappa shape index (κ3) is 4.54. The van der Waals surface area contributed by atoms with Crippen molar-refractivity contribution in [3.63, 3.8) is 0 Å². The van der Waals surface area contributed by atoms with Gasteiger partial charge in [0.2, 0.25) is 0 Å². The van der Waals surface area contributed by atoms with E-state index in [-0.39, 0.29) is 15.6 Å². The minimum atomic E-state index is -0.474. The number of halogens is 3. The van der Waals surface area contributed by atoms with Crippen molar-refractivity contribution in [2.75, 3.05) is 6.61 Å². The van der Waals surface area contributed by atoms with Crippen LogP contribution in [0.25, 0.3) is 0 Å². The average Bonchev–Trinajstić information content (AvgIpc) is 3.21. The van der Waals surface area contributed by atoms with Crippen LogP contribution in [0.15, 0.2) is 12.1 Å². The molecule has 1 fully saturated rings. The van der Waals surface area contributed by atoms with Crippen LogP contribution in [0.1, 0.15) is 43.0 Å². The smallest absolute Gasteiger partial charge is 0.339 e. The number of carbonyl (C=O) groups is 1. The van der Waals surface area contributed by atoms with Crippen LogP contribution >= 0.6 is 34.8 Å². The quantitative estimate of drug-likeness (QED) is 0.497. The standard InChI is InChI=1S/C15H17Cl3O2/c1-9(2-3-10-4-5-10)8-20-15(19)12-6-11(16)7-13(17)14(12)18/h6-7,9-10H,2-5,8H2,1H3. The molecular formula is C15H17Cl3O2. The molecule has 1 aromatic carbocycles. The lowest BCUT2D eigenvalue weighted by molar-refractivity contribution is 0.0442. The Morgan fingerprint density at radius 1 is 1.35 bits per heavy atom. The average molecular weight is 336 g/mol. The van der Waals surface area contributed by atoms with Crippen molar-refractivity contribution in [2.24, 2.45) is 11.8 Å². The normalized spacial score (nSPS) is 16.0. The van der Waals surface area contributed by atoms with Crippen LogP contribution in [-0.4, -0.2) is 12.6 Å². The molecule has 1 saturated carbocycles. The monoisotopic (exact) mass is 334 g/mol. The summed E-state index contributed by atoms with van der Waals surface area (Å²) in [5.74, 6) is 0.778. The van der Waals surface area contributed by atoms with Crippen molar-refractivity contribution >= 4 is 40.8 Å². The van der Waals surface area contributed by atoms with Crippen LogP contribution in [0, 0.1) is 11.8 Å². The van der Waals surface area contributed by atoms with Crippen LogP contribution in [0.5, 0.6) is 0 Å². The minimum absolute atomic E-state index is 0.187. The molecule has 0 amide bonds. The molecule has 2 rings (SSSR count). The van der Waals surface area contributed by atoms with Crippen molar-refractivity contribution in [2.45, 2.75) is 32.6 Å². The van der Waals surface area contributed by atoms with Gasteiger partial charge < -0.3 is 4.74 Å². The maximum absolute atomic E-state index is 12.0. The molecule has 0 aromatic heterocycles. The van der Waals surface area contributed by atoms with Crippen LogP contribution in [0.4, 0.5) is 0 Å². The number of benzene rings is 1. The molecular weight excluding hydrogens is 319 g/mol. The summed E-state index contributed by atoms with van der Waals surface area (Å²) in [6.45, 7) is 2.48. The molecule has 1 atom stereocenters. The fraction of sp³-hybridized carbons (Fsp3) is 0.533. The van der Waals surface area contributed by atoms with E-state index in [4.69, 9.17) is 39.5 Å². The lowest BCUT2D eigenvalue weighted by Crippen LogP contribution is -2.13. The molecule has 0 heterocycles. The van der Waals surface area contributed by atoms with Gasteiger partial charge >= 0.3 is 5.97 Å². The number of carbonyl (C=O) groups excluding carboxylic acids is 1. The van der Waals surface area contributed by atoms with E-state index >= 15 is 0 Å². The number of ether oxygens (including phenoxy) is 1. The van der Waals surface area contributed by atoms with Crippen molar-refractivity contribution in [3.8, 4) is 0 Å². The molecule has 0 bridgehead atoms. The van der Waals surface area contributed by atoms with Crippen LogP contribution < -0.4 is 0 Å². The summed E-state index contributed by atoms with van der Waals surface area (Å²) in [6, 6.07) is 2.98. The highest BCUT2D eigenvalue weighted by Gasteiger charge is 2.22. The van der Waals surface area contributed by atoms with Gasteiger partial charge in [0.25, 0.3) is 0 Å². The molecule has 0 N–H and O–H groups in total. The van der Waals surface area contributed by atoms with E-state index < -0.39 is 5.97 Å². The van der Waals surface area contributed by atoms with E-state index in [2.05, 4.69) is 6.92 Å². The van der Waals surface area contributed by atoms with Crippen molar-refractivity contribution in [1.29, 1.82) is 0 Å². The Morgan fingerprint density at radius 3 is 2.70 bits per heavy atom. The third-order valence-electron chi connectivity index (χ3n) is 3.48. The fourth-order valence-electron chi connectivity index (χ4n) is 2.01. The highest BCUT2D eigenvalue weighted by molar-refractivity contribution is 6.45. The van der Waals surface area contributed by atoms with Crippen molar-refractivity contribution in [3.05, 3.63) is 32.8 Å². The minimum Gasteiger partial charge on any atom is -0.462 e. The van der Waals surface area contributed by atoms with Crippen LogP contribution in [0.2, 0.25) is 15.1 Å². The summed E-state index contributed by atoms with van der Waals surface area (Å²) in [7, 11) is 0. The SMILES string of the molecule is CC(CCC1CC1)COC(=O)c1cc(Cl)cc(Cl)c1Cl. The van der Waals surface area contributed by atoms with Gasteiger partial charge in [0.1, 0.15) is 0 Å². The van der Waals surface area contributed by atoms with Gasteiger partial charge in [-0.15, -0.1) is 0 Å². The predicted molar refractivity (Wildman–Crippen MR) is 82.9 cm³/mol. The van der Waals surface area contributed by atoms with Crippen LogP contribution in [0.3, 0.4) is 0 Å². The number of rotatable bonds is 6. The highest BCUT2D eigenvalue weighted by Crippen LogP contribution is 2.35. The highest BCUT2D eigenvalue weighted by atomic mass is 35.5. The zero-order valence-corrected chi connectivity index (χ0v) is 13.6. The van der Waals surface area contributed by atoms with Gasteiger partial charge in [-0.3, -0.25) is 0 Å². The predicted octanol–water partition coefficient (Wildman–Crippen LogP) is 5.63. The summed E-state index contributed by atoms with van der Waals surface area (Å²) in [4.78, 5) is 12.0. The van der Waals surface area contributed by atoms with Gasteiger partial charge in [0.05, 0.1) is 22.2 Å². The van der Waals surface area contributed by atoms with Crippen molar-refractivity contribution < 1.29 is 9.53 Å². The lowest BCUT2D eigenvalue weighted by Gasteiger charge is -2.12. The molecule has 2 nitrogen and oxygen atoms in total. The number of hydrogen-bond acceptors (Lipinski definition) is 2. The van der Waals surface area contributed by atoms with E-state index in [9.17, 15) is 4.79 Å². The second-order valence-electron chi connectivity index (χ2n) is 5.47. The molecule has 20 heavy (non-hydrogen) atoms. The first-order chi connectivity index (χ1) is 9.47. The summed E-state index contributed by atoms with van der Waals surface area (Å²) in [6.07, 6.45) is 5.01. The van der Waals surface area contributed by atoms with Crippen LogP contribution in [-0.2, 0) is 4.74 Å². The first-order valence-electron chi connectivity index (χ1n) is 6.79. The van der Waals surface area contributed by atoms with Gasteiger partial charge in [-0.25, -0.2) is 4.79 Å². The maximum Gasteiger partial charge on any atom is 0.339 e. The van der Waals surface area contributed by atoms with E-state index in [1.165, 1.54) is 31.4 Å². The van der Waals surface area contributed by atoms with E-state index in [1.807, 2.05) is 0 Å². The van der Waals surface area contributed by atoms with Gasteiger partial charge in [0.15, 0.2) is 0 Å². The van der Waals surface area contributed by atoms with Gasteiger partial charge in [-0.05, 0) is 30.4 Å². The van der Waals surface area contributed by atoms with E-state index in [0.29, 0.717) is 17.5 Å². The Balaban J connectivity index is 1.87. The lowest BCUT2D eigenvalue weighted by atomic mass is 10.0. The summed E-state index contributed by atoms with van der Waals surface area (Å²) < 4.78 is 5.29. The molecule has 5 heteroatoms. The molecule has 110 valence electrons. The molecule has 1 unspecified atom stereocenters. The van der Waals surface area contributed by atoms with E-state index in [0.717, 1.165) is 12.3 Å². The van der Waals surface area contributed by atoms with Gasteiger partial charge in [0, 0.05) is 5.02 Å². The zero-order valence-electron chi connectivity index (χ0n) is 11.3. The Labute approximate surface area is 134 Å². The largest absolute Gasteiger partial charge is 0.462 e. The molecule has 0 spiro atoms. The molecule has 0 aliphatic heterocycles.